The molecule has 0 amide bonds. The van der Waals surface area contributed by atoms with Gasteiger partial charge in [-0.05, 0) is 54.2 Å². The number of nitrogens with zero attached hydrogens (tertiary/aromatic N) is 1. The van der Waals surface area contributed by atoms with Gasteiger partial charge in [-0.15, -0.1) is 0 Å². The molecule has 2 heterocycles. The Morgan fingerprint density at radius 3 is 2.88 bits per heavy atom. The van der Waals surface area contributed by atoms with E-state index >= 15 is 0 Å². The van der Waals surface area contributed by atoms with Gasteiger partial charge in [0.25, 0.3) is 0 Å². The van der Waals surface area contributed by atoms with Crippen LogP contribution in [-0.2, 0) is 0 Å². The topological polar surface area (TPSA) is 68.9 Å². The molecule has 1 aromatic carbocycles. The molecule has 0 bridgehead atoms. The zero-order valence-electron chi connectivity index (χ0n) is 13.9. The molecular formula is C18H25N3O2S. The van der Waals surface area contributed by atoms with Gasteiger partial charge < -0.3 is 20.5 Å². The molecule has 130 valence electrons. The predicted octanol–water partition coefficient (Wildman–Crippen LogP) is 3.11. The molecule has 1 saturated carbocycles. The average molecular weight is 347 g/mol. The lowest BCUT2D eigenvalue weighted by molar-refractivity contribution is 0.297. The van der Waals surface area contributed by atoms with Crippen LogP contribution in [0.2, 0.25) is 0 Å². The lowest BCUT2D eigenvalue weighted by Gasteiger charge is -2.21. The van der Waals surface area contributed by atoms with Crippen LogP contribution in [0.5, 0.6) is 11.5 Å². The number of hydrogen-bond donors (Lipinski definition) is 2. The van der Waals surface area contributed by atoms with Gasteiger partial charge in [-0.1, -0.05) is 0 Å². The van der Waals surface area contributed by atoms with Crippen molar-refractivity contribution in [3.8, 4) is 11.5 Å². The normalized spacial score (nSPS) is 25.2. The van der Waals surface area contributed by atoms with Crippen LogP contribution in [0.25, 0.3) is 0 Å². The first-order valence-corrected chi connectivity index (χ1v) is 9.95. The summed E-state index contributed by atoms with van der Waals surface area (Å²) in [6.07, 6.45) is 4.94. The van der Waals surface area contributed by atoms with Crippen molar-refractivity contribution in [3.63, 3.8) is 0 Å². The Bertz CT molecular complexity index is 629. The van der Waals surface area contributed by atoms with E-state index in [2.05, 4.69) is 22.1 Å². The van der Waals surface area contributed by atoms with Gasteiger partial charge in [0.15, 0.2) is 17.5 Å². The van der Waals surface area contributed by atoms with E-state index in [-0.39, 0.29) is 0 Å². The Kier molecular flexibility index (Phi) is 4.48. The summed E-state index contributed by atoms with van der Waals surface area (Å²) in [6, 6.07) is 5.80. The van der Waals surface area contributed by atoms with Gasteiger partial charge in [0.05, 0.1) is 13.2 Å². The minimum absolute atomic E-state index is 0.483. The summed E-state index contributed by atoms with van der Waals surface area (Å²) in [7, 11) is 0. The first kappa shape index (κ1) is 15.9. The smallest absolute Gasteiger partial charge is 0.193 e. The minimum atomic E-state index is 0.483. The Morgan fingerprint density at radius 2 is 2.04 bits per heavy atom. The van der Waals surface area contributed by atoms with E-state index in [1.54, 1.807) is 0 Å². The molecule has 1 aromatic rings. The summed E-state index contributed by atoms with van der Waals surface area (Å²) in [6.45, 7) is 2.22. The molecule has 6 heteroatoms. The van der Waals surface area contributed by atoms with E-state index in [0.29, 0.717) is 24.6 Å². The fourth-order valence-corrected chi connectivity index (χ4v) is 5.02. The van der Waals surface area contributed by atoms with Gasteiger partial charge >= 0.3 is 0 Å². The highest BCUT2D eigenvalue weighted by atomic mass is 32.2. The average Bonchev–Trinajstić information content (AvgIpc) is 3.31. The third-order valence-corrected chi connectivity index (χ3v) is 6.33. The Labute approximate surface area is 147 Å². The van der Waals surface area contributed by atoms with Crippen molar-refractivity contribution in [1.82, 2.24) is 0 Å². The van der Waals surface area contributed by atoms with Crippen molar-refractivity contribution in [1.29, 1.82) is 0 Å². The third kappa shape index (κ3) is 3.43. The van der Waals surface area contributed by atoms with E-state index in [4.69, 9.17) is 15.2 Å². The molecule has 1 atom stereocenters. The van der Waals surface area contributed by atoms with Crippen molar-refractivity contribution in [3.05, 3.63) is 18.2 Å². The SMILES string of the molecule is NC(=NCC1CC12CCSCC2)Nc1ccc2c(c1)OCCCO2. The van der Waals surface area contributed by atoms with Crippen LogP contribution in [0.1, 0.15) is 25.7 Å². The number of anilines is 1. The summed E-state index contributed by atoms with van der Waals surface area (Å²) < 4.78 is 11.3. The summed E-state index contributed by atoms with van der Waals surface area (Å²) in [5.74, 6) is 5.39. The number of benzene rings is 1. The molecule has 0 aromatic heterocycles. The molecule has 0 radical (unpaired) electrons. The first-order valence-electron chi connectivity index (χ1n) is 8.80. The van der Waals surface area contributed by atoms with Gasteiger partial charge in [-0.2, -0.15) is 11.8 Å². The van der Waals surface area contributed by atoms with Crippen LogP contribution in [0.15, 0.2) is 23.2 Å². The molecule has 2 fully saturated rings. The summed E-state index contributed by atoms with van der Waals surface area (Å²) in [4.78, 5) is 4.57. The number of fused-ring (bicyclic) bond motifs is 1. The van der Waals surface area contributed by atoms with Gasteiger partial charge in [0, 0.05) is 24.7 Å². The molecule has 24 heavy (non-hydrogen) atoms. The molecular weight excluding hydrogens is 322 g/mol. The van der Waals surface area contributed by atoms with Gasteiger partial charge in [0.1, 0.15) is 0 Å². The fraction of sp³-hybridized carbons (Fsp3) is 0.611. The summed E-state index contributed by atoms with van der Waals surface area (Å²) in [5.41, 5.74) is 7.55. The van der Waals surface area contributed by atoms with Crippen molar-refractivity contribution in [2.45, 2.75) is 25.7 Å². The number of rotatable bonds is 3. The predicted molar refractivity (Wildman–Crippen MR) is 99.3 cm³/mol. The van der Waals surface area contributed by atoms with Crippen LogP contribution in [0.4, 0.5) is 5.69 Å². The second kappa shape index (κ2) is 6.75. The quantitative estimate of drug-likeness (QED) is 0.649. The number of nitrogens with two attached hydrogens (primary N) is 1. The summed E-state index contributed by atoms with van der Waals surface area (Å²) in [5, 5.41) is 3.18. The van der Waals surface area contributed by atoms with Crippen LogP contribution in [-0.4, -0.2) is 37.2 Å². The van der Waals surface area contributed by atoms with Crippen molar-refractivity contribution >= 4 is 23.4 Å². The van der Waals surface area contributed by atoms with Crippen LogP contribution in [0.3, 0.4) is 0 Å². The number of aliphatic imine (C=N–C) groups is 1. The maximum Gasteiger partial charge on any atom is 0.193 e. The monoisotopic (exact) mass is 347 g/mol. The molecule has 1 aliphatic carbocycles. The Morgan fingerprint density at radius 1 is 1.25 bits per heavy atom. The highest BCUT2D eigenvalue weighted by Gasteiger charge is 2.53. The van der Waals surface area contributed by atoms with Gasteiger partial charge in [-0.3, -0.25) is 4.99 Å². The second-order valence-electron chi connectivity index (χ2n) is 6.94. The molecule has 4 rings (SSSR count). The number of hydrogen-bond acceptors (Lipinski definition) is 4. The van der Waals surface area contributed by atoms with Crippen molar-refractivity contribution in [2.75, 3.05) is 36.6 Å². The number of nitrogens with one attached hydrogen (secondary N) is 1. The molecule has 1 spiro atoms. The fourth-order valence-electron chi connectivity index (χ4n) is 3.72. The maximum absolute atomic E-state index is 6.07. The third-order valence-electron chi connectivity index (χ3n) is 5.35. The zero-order valence-corrected chi connectivity index (χ0v) is 14.7. The van der Waals surface area contributed by atoms with Crippen LogP contribution < -0.4 is 20.5 Å². The first-order chi connectivity index (χ1) is 11.8. The van der Waals surface area contributed by atoms with E-state index in [1.165, 1.54) is 30.8 Å². The number of guanidine groups is 1. The lowest BCUT2D eigenvalue weighted by Crippen LogP contribution is -2.23. The second-order valence-corrected chi connectivity index (χ2v) is 8.16. The zero-order chi connectivity index (χ0) is 16.4. The van der Waals surface area contributed by atoms with Crippen LogP contribution in [0, 0.1) is 11.3 Å². The summed E-state index contributed by atoms with van der Waals surface area (Å²) >= 11 is 2.08. The maximum atomic E-state index is 6.07. The largest absolute Gasteiger partial charge is 0.490 e. The van der Waals surface area contributed by atoms with Crippen molar-refractivity contribution in [2.24, 2.45) is 22.1 Å². The van der Waals surface area contributed by atoms with Crippen LogP contribution >= 0.6 is 11.8 Å². The molecule has 1 unspecified atom stereocenters. The van der Waals surface area contributed by atoms with E-state index in [0.717, 1.165) is 36.1 Å². The van der Waals surface area contributed by atoms with E-state index in [1.807, 2.05) is 18.2 Å². The lowest BCUT2D eigenvalue weighted by atomic mass is 9.96. The highest BCUT2D eigenvalue weighted by Crippen LogP contribution is 2.60. The number of ether oxygens (including phenoxy) is 2. The van der Waals surface area contributed by atoms with Gasteiger partial charge in [-0.25, -0.2) is 0 Å². The molecule has 1 saturated heterocycles. The Hall–Kier alpha value is -1.56. The molecule has 5 nitrogen and oxygen atoms in total. The van der Waals surface area contributed by atoms with E-state index < -0.39 is 0 Å². The standard InChI is InChI=1S/C18H25N3O2S/c19-17(20-12-13-11-18(13)4-8-24-9-5-18)21-14-2-3-15-16(10-14)23-7-1-6-22-15/h2-3,10,13H,1,4-9,11-12H2,(H3,19,20,21). The number of thioether (sulfide) groups is 1. The Balaban J connectivity index is 1.34. The van der Waals surface area contributed by atoms with Gasteiger partial charge in [0.2, 0.25) is 0 Å². The van der Waals surface area contributed by atoms with Crippen molar-refractivity contribution < 1.29 is 9.47 Å². The highest BCUT2D eigenvalue weighted by molar-refractivity contribution is 7.99. The molecule has 2 aliphatic heterocycles. The molecule has 3 aliphatic rings. The minimum Gasteiger partial charge on any atom is -0.490 e. The van der Waals surface area contributed by atoms with E-state index in [9.17, 15) is 0 Å². The molecule has 3 N–H and O–H groups in total.